The molecule has 3 aromatic rings. The maximum atomic E-state index is 13.2. The first-order valence-corrected chi connectivity index (χ1v) is 9.43. The van der Waals surface area contributed by atoms with Gasteiger partial charge in [-0.15, -0.1) is 0 Å². The average Bonchev–Trinajstić information content (AvgIpc) is 3.15. The molecular weight excluding hydrogens is 389 g/mol. The maximum absolute atomic E-state index is 13.2. The zero-order valence-electron chi connectivity index (χ0n) is 14.8. The number of aromatic amines is 2. The minimum atomic E-state index is -4.19. The highest BCUT2D eigenvalue weighted by atomic mass is 32.1. The van der Waals surface area contributed by atoms with Crippen molar-refractivity contribution >= 4 is 23.3 Å². The Morgan fingerprint density at radius 2 is 2.00 bits per heavy atom. The topological polar surface area (TPSA) is 65.6 Å². The van der Waals surface area contributed by atoms with Gasteiger partial charge in [0.1, 0.15) is 5.52 Å². The van der Waals surface area contributed by atoms with E-state index < -0.39 is 12.1 Å². The van der Waals surface area contributed by atoms with Crippen LogP contribution >= 0.6 is 12.2 Å². The second-order valence-corrected chi connectivity index (χ2v) is 7.44. The molecular formula is C19H19F3N4OS. The number of benzene rings is 1. The minimum absolute atomic E-state index is 0.0110. The van der Waals surface area contributed by atoms with E-state index in [9.17, 15) is 18.0 Å². The number of fused-ring (bicyclic) bond motifs is 1. The quantitative estimate of drug-likeness (QED) is 0.573. The second kappa shape index (κ2) is 7.21. The van der Waals surface area contributed by atoms with Crippen LogP contribution in [0.3, 0.4) is 0 Å². The monoisotopic (exact) mass is 408 g/mol. The van der Waals surface area contributed by atoms with Crippen molar-refractivity contribution in [2.45, 2.75) is 31.6 Å². The van der Waals surface area contributed by atoms with Gasteiger partial charge >= 0.3 is 6.18 Å². The van der Waals surface area contributed by atoms with Crippen molar-refractivity contribution in [1.82, 2.24) is 19.9 Å². The van der Waals surface area contributed by atoms with Gasteiger partial charge in [0.15, 0.2) is 4.77 Å². The number of hydrogen-bond donors (Lipinski definition) is 3. The van der Waals surface area contributed by atoms with E-state index in [1.165, 1.54) is 0 Å². The molecule has 3 heterocycles. The van der Waals surface area contributed by atoms with E-state index in [-0.39, 0.29) is 29.2 Å². The largest absolute Gasteiger partial charge is 0.391 e. The van der Waals surface area contributed by atoms with Crippen LogP contribution in [0.25, 0.3) is 11.0 Å². The van der Waals surface area contributed by atoms with E-state index in [0.29, 0.717) is 24.1 Å². The third kappa shape index (κ3) is 3.51. The molecule has 5 nitrogen and oxygen atoms in total. The molecule has 0 saturated carbocycles. The van der Waals surface area contributed by atoms with Crippen LogP contribution in [0.1, 0.15) is 30.0 Å². The molecule has 0 spiro atoms. The molecule has 0 unspecified atom stereocenters. The summed E-state index contributed by atoms with van der Waals surface area (Å²) in [6.07, 6.45) is -2.42. The first kappa shape index (κ1) is 18.9. The summed E-state index contributed by atoms with van der Waals surface area (Å²) in [5, 5.41) is 3.22. The average molecular weight is 408 g/mol. The SMILES string of the molecule is O=c1[nH]c(=S)n(Cc2ccccc2[C@@H]2C[C@@H](C(F)(F)F)CCN2)c2cc[nH]c12. The van der Waals surface area contributed by atoms with Gasteiger partial charge in [-0.05, 0) is 48.8 Å². The fourth-order valence-corrected chi connectivity index (χ4v) is 4.16. The molecule has 4 rings (SSSR count). The number of halogens is 3. The van der Waals surface area contributed by atoms with Crippen LogP contribution in [0.4, 0.5) is 13.2 Å². The van der Waals surface area contributed by atoms with Gasteiger partial charge < -0.3 is 14.9 Å². The number of piperidine rings is 1. The van der Waals surface area contributed by atoms with Gasteiger partial charge in [0.25, 0.3) is 5.56 Å². The highest BCUT2D eigenvalue weighted by molar-refractivity contribution is 7.71. The first-order chi connectivity index (χ1) is 13.3. The van der Waals surface area contributed by atoms with Crippen LogP contribution in [-0.4, -0.2) is 27.3 Å². The zero-order chi connectivity index (χ0) is 19.9. The number of alkyl halides is 3. The fraction of sp³-hybridized carbons (Fsp3) is 0.368. The van der Waals surface area contributed by atoms with Gasteiger partial charge in [-0.2, -0.15) is 13.2 Å². The summed E-state index contributed by atoms with van der Waals surface area (Å²) in [7, 11) is 0. The molecule has 0 aliphatic carbocycles. The Morgan fingerprint density at radius 3 is 2.79 bits per heavy atom. The highest BCUT2D eigenvalue weighted by Crippen LogP contribution is 2.39. The molecule has 0 amide bonds. The Hall–Kier alpha value is -2.39. The lowest BCUT2D eigenvalue weighted by atomic mass is 9.86. The Labute approximate surface area is 163 Å². The third-order valence-electron chi connectivity index (χ3n) is 5.33. The van der Waals surface area contributed by atoms with Gasteiger partial charge in [-0.1, -0.05) is 24.3 Å². The van der Waals surface area contributed by atoms with Gasteiger partial charge in [0.05, 0.1) is 18.0 Å². The van der Waals surface area contributed by atoms with Crippen LogP contribution in [0, 0.1) is 10.7 Å². The Bertz CT molecular complexity index is 1110. The molecule has 148 valence electrons. The number of aromatic nitrogens is 3. The molecule has 2 atom stereocenters. The van der Waals surface area contributed by atoms with E-state index >= 15 is 0 Å². The summed E-state index contributed by atoms with van der Waals surface area (Å²) >= 11 is 5.33. The van der Waals surface area contributed by atoms with Crippen molar-refractivity contribution in [2.24, 2.45) is 5.92 Å². The number of rotatable bonds is 3. The number of H-pyrrole nitrogens is 2. The molecule has 3 N–H and O–H groups in total. The van der Waals surface area contributed by atoms with Crippen LogP contribution in [-0.2, 0) is 6.54 Å². The number of hydrogen-bond acceptors (Lipinski definition) is 3. The summed E-state index contributed by atoms with van der Waals surface area (Å²) in [4.78, 5) is 17.6. The van der Waals surface area contributed by atoms with E-state index in [2.05, 4.69) is 15.3 Å². The Morgan fingerprint density at radius 1 is 1.21 bits per heavy atom. The smallest absolute Gasteiger partial charge is 0.355 e. The van der Waals surface area contributed by atoms with Crippen LogP contribution in [0.2, 0.25) is 0 Å². The summed E-state index contributed by atoms with van der Waals surface area (Å²) in [5.74, 6) is -1.31. The molecule has 0 radical (unpaired) electrons. The number of nitrogens with one attached hydrogen (secondary N) is 3. The van der Waals surface area contributed by atoms with E-state index in [1.54, 1.807) is 16.8 Å². The molecule has 28 heavy (non-hydrogen) atoms. The Balaban J connectivity index is 1.71. The molecule has 0 bridgehead atoms. The lowest BCUT2D eigenvalue weighted by molar-refractivity contribution is -0.183. The van der Waals surface area contributed by atoms with Crippen LogP contribution < -0.4 is 10.9 Å². The van der Waals surface area contributed by atoms with Crippen LogP contribution in [0.5, 0.6) is 0 Å². The highest BCUT2D eigenvalue weighted by Gasteiger charge is 2.42. The predicted molar refractivity (Wildman–Crippen MR) is 103 cm³/mol. The standard InChI is InChI=1S/C19H19F3N4OS/c20-19(21,22)12-5-7-23-14(9-12)13-4-2-1-3-11(13)10-26-15-6-8-24-16(15)17(27)25-18(26)28/h1-4,6,8,12,14,23-24H,5,7,9-10H2,(H,25,27,28)/t12-,14-/m0/s1. The summed E-state index contributed by atoms with van der Waals surface area (Å²) in [6.45, 7) is 0.679. The molecule has 1 saturated heterocycles. The van der Waals surface area contributed by atoms with Gasteiger partial charge in [0, 0.05) is 12.2 Å². The van der Waals surface area contributed by atoms with Gasteiger partial charge in [-0.3, -0.25) is 9.78 Å². The zero-order valence-corrected chi connectivity index (χ0v) is 15.7. The molecule has 1 aromatic carbocycles. The molecule has 9 heteroatoms. The van der Waals surface area contributed by atoms with Crippen molar-refractivity contribution in [3.05, 3.63) is 62.8 Å². The van der Waals surface area contributed by atoms with E-state index in [0.717, 1.165) is 11.1 Å². The van der Waals surface area contributed by atoms with Crippen molar-refractivity contribution in [3.63, 3.8) is 0 Å². The minimum Gasteiger partial charge on any atom is -0.355 e. The van der Waals surface area contributed by atoms with Crippen molar-refractivity contribution < 1.29 is 13.2 Å². The lowest BCUT2D eigenvalue weighted by Gasteiger charge is -2.33. The predicted octanol–water partition coefficient (Wildman–Crippen LogP) is 4.04. The maximum Gasteiger partial charge on any atom is 0.391 e. The van der Waals surface area contributed by atoms with Gasteiger partial charge in [-0.25, -0.2) is 0 Å². The van der Waals surface area contributed by atoms with Crippen LogP contribution in [0.15, 0.2) is 41.3 Å². The lowest BCUT2D eigenvalue weighted by Crippen LogP contribution is -2.38. The first-order valence-electron chi connectivity index (χ1n) is 9.02. The second-order valence-electron chi connectivity index (χ2n) is 7.05. The number of nitrogens with zero attached hydrogens (tertiary/aromatic N) is 1. The van der Waals surface area contributed by atoms with E-state index in [1.807, 2.05) is 24.3 Å². The van der Waals surface area contributed by atoms with Crippen molar-refractivity contribution in [2.75, 3.05) is 6.54 Å². The third-order valence-corrected chi connectivity index (χ3v) is 5.66. The Kier molecular flexibility index (Phi) is 4.88. The van der Waals surface area contributed by atoms with Gasteiger partial charge in [0.2, 0.25) is 0 Å². The van der Waals surface area contributed by atoms with E-state index in [4.69, 9.17) is 12.2 Å². The normalized spacial score (nSPS) is 20.5. The molecule has 1 aliphatic rings. The molecule has 1 fully saturated rings. The summed E-state index contributed by atoms with van der Waals surface area (Å²) in [5.41, 5.74) is 2.48. The summed E-state index contributed by atoms with van der Waals surface area (Å²) < 4.78 is 41.7. The van der Waals surface area contributed by atoms with Crippen molar-refractivity contribution in [3.8, 4) is 0 Å². The summed E-state index contributed by atoms with van der Waals surface area (Å²) in [6, 6.07) is 8.81. The fourth-order valence-electron chi connectivity index (χ4n) is 3.90. The molecule has 2 aromatic heterocycles. The van der Waals surface area contributed by atoms with Crippen molar-refractivity contribution in [1.29, 1.82) is 0 Å². The molecule has 1 aliphatic heterocycles.